The van der Waals surface area contributed by atoms with Crippen LogP contribution >= 0.6 is 0 Å². The van der Waals surface area contributed by atoms with Crippen LogP contribution in [-0.2, 0) is 0 Å². The van der Waals surface area contributed by atoms with Gasteiger partial charge in [-0.2, -0.15) is 0 Å². The lowest BCUT2D eigenvalue weighted by atomic mass is 9.47. The summed E-state index contributed by atoms with van der Waals surface area (Å²) in [5.74, 6) is 0.844. The minimum atomic E-state index is -0.457. The third kappa shape index (κ3) is 1.41. The van der Waals surface area contributed by atoms with E-state index in [9.17, 15) is 15.3 Å². The molecule has 0 aromatic carbocycles. The van der Waals surface area contributed by atoms with Gasteiger partial charge in [0.15, 0.2) is 0 Å². The molecule has 0 saturated heterocycles. The van der Waals surface area contributed by atoms with E-state index in [4.69, 9.17) is 0 Å². The first kappa shape index (κ1) is 12.9. The molecule has 3 nitrogen and oxygen atoms in total. The predicted octanol–water partition coefficient (Wildman–Crippen LogP) is 1.55. The Kier molecular flexibility index (Phi) is 2.51. The highest BCUT2D eigenvalue weighted by Gasteiger charge is 2.66. The van der Waals surface area contributed by atoms with Crippen LogP contribution in [0.25, 0.3) is 0 Å². The minimum absolute atomic E-state index is 0.000680. The number of hydrogen-bond donors (Lipinski definition) is 3. The lowest BCUT2D eigenvalue weighted by Crippen LogP contribution is -2.55. The molecular formula is C15H26O3. The smallest absolute Gasteiger partial charge is 0.0624 e. The van der Waals surface area contributed by atoms with Crippen molar-refractivity contribution in [1.82, 2.24) is 0 Å². The average Bonchev–Trinajstić information content (AvgIpc) is 2.43. The normalized spacial score (nSPS) is 57.7. The van der Waals surface area contributed by atoms with Gasteiger partial charge in [0.25, 0.3) is 0 Å². The molecule has 3 rings (SSSR count). The molecule has 0 spiro atoms. The van der Waals surface area contributed by atoms with Gasteiger partial charge in [0.05, 0.1) is 18.8 Å². The van der Waals surface area contributed by atoms with E-state index >= 15 is 0 Å². The Balaban J connectivity index is 1.99. The zero-order valence-corrected chi connectivity index (χ0v) is 11.7. The number of aliphatic hydroxyl groups excluding tert-OH is 3. The van der Waals surface area contributed by atoms with E-state index in [1.807, 2.05) is 0 Å². The highest BCUT2D eigenvalue weighted by atomic mass is 16.3. The first-order chi connectivity index (χ1) is 8.24. The predicted molar refractivity (Wildman–Crippen MR) is 68.9 cm³/mol. The fourth-order valence-corrected chi connectivity index (χ4v) is 5.60. The Labute approximate surface area is 109 Å². The topological polar surface area (TPSA) is 60.7 Å². The molecular weight excluding hydrogens is 228 g/mol. The summed E-state index contributed by atoms with van der Waals surface area (Å²) in [5, 5.41) is 30.6. The fourth-order valence-electron chi connectivity index (χ4n) is 5.60. The molecule has 0 radical (unpaired) electrons. The minimum Gasteiger partial charge on any atom is -0.396 e. The van der Waals surface area contributed by atoms with Crippen molar-refractivity contribution >= 4 is 0 Å². The molecule has 3 aliphatic carbocycles. The van der Waals surface area contributed by atoms with Gasteiger partial charge >= 0.3 is 0 Å². The van der Waals surface area contributed by atoms with E-state index in [1.165, 1.54) is 0 Å². The summed E-state index contributed by atoms with van der Waals surface area (Å²) in [7, 11) is 0. The van der Waals surface area contributed by atoms with Crippen molar-refractivity contribution in [2.75, 3.05) is 6.61 Å². The summed E-state index contributed by atoms with van der Waals surface area (Å²) in [4.78, 5) is 0. The third-order valence-electron chi connectivity index (χ3n) is 6.44. The van der Waals surface area contributed by atoms with Crippen LogP contribution in [0.4, 0.5) is 0 Å². The van der Waals surface area contributed by atoms with E-state index < -0.39 is 11.5 Å². The number of fused-ring (bicyclic) bond motifs is 4. The first-order valence-electron chi connectivity index (χ1n) is 7.21. The molecule has 2 unspecified atom stereocenters. The summed E-state index contributed by atoms with van der Waals surface area (Å²) in [5.41, 5.74) is -0.152. The molecule has 0 amide bonds. The van der Waals surface area contributed by atoms with Crippen molar-refractivity contribution in [3.8, 4) is 0 Å². The van der Waals surface area contributed by atoms with Gasteiger partial charge in [0, 0.05) is 5.41 Å². The van der Waals surface area contributed by atoms with Gasteiger partial charge in [-0.1, -0.05) is 20.8 Å². The molecule has 6 atom stereocenters. The molecule has 0 aromatic heterocycles. The summed E-state index contributed by atoms with van der Waals surface area (Å²) < 4.78 is 0. The standard InChI is InChI=1S/C15H26O3/c1-13(2)4-9-12(13)10(17)5-15(8-16)7-14(9,3)6-11(15)18/h9-12,16-18H,4-8H2,1-3H3/t9-,10?,11?,12-,14+,15+/m0/s1. The molecule has 3 N–H and O–H groups in total. The summed E-state index contributed by atoms with van der Waals surface area (Å²) >= 11 is 0. The molecule has 2 bridgehead atoms. The van der Waals surface area contributed by atoms with Crippen molar-refractivity contribution < 1.29 is 15.3 Å². The second-order valence-corrected chi connectivity index (χ2v) is 8.17. The SMILES string of the molecule is CC1(C)C[C@H]2[C@H]1C(O)C[C@]1(CO)C[C@@]2(C)CC1O. The van der Waals surface area contributed by atoms with Crippen molar-refractivity contribution in [1.29, 1.82) is 0 Å². The zero-order chi connectivity index (χ0) is 13.3. The van der Waals surface area contributed by atoms with E-state index in [0.717, 1.165) is 19.3 Å². The van der Waals surface area contributed by atoms with Gasteiger partial charge in [0.1, 0.15) is 0 Å². The maximum Gasteiger partial charge on any atom is 0.0624 e. The Morgan fingerprint density at radius 3 is 2.28 bits per heavy atom. The van der Waals surface area contributed by atoms with Crippen molar-refractivity contribution in [2.24, 2.45) is 28.1 Å². The Morgan fingerprint density at radius 2 is 1.72 bits per heavy atom. The average molecular weight is 254 g/mol. The monoisotopic (exact) mass is 254 g/mol. The van der Waals surface area contributed by atoms with Gasteiger partial charge in [-0.15, -0.1) is 0 Å². The highest BCUT2D eigenvalue weighted by molar-refractivity contribution is 5.15. The van der Waals surface area contributed by atoms with Gasteiger partial charge in [0.2, 0.25) is 0 Å². The van der Waals surface area contributed by atoms with Crippen LogP contribution in [0.3, 0.4) is 0 Å². The van der Waals surface area contributed by atoms with E-state index in [0.29, 0.717) is 18.3 Å². The second kappa shape index (κ2) is 3.50. The van der Waals surface area contributed by atoms with Crippen LogP contribution in [0, 0.1) is 28.1 Å². The van der Waals surface area contributed by atoms with E-state index in [-0.39, 0.29) is 23.5 Å². The maximum atomic E-state index is 10.5. The molecule has 3 fully saturated rings. The van der Waals surface area contributed by atoms with Crippen LogP contribution in [-0.4, -0.2) is 34.1 Å². The highest BCUT2D eigenvalue weighted by Crippen LogP contribution is 2.69. The van der Waals surface area contributed by atoms with Gasteiger partial charge in [-0.3, -0.25) is 0 Å². The van der Waals surface area contributed by atoms with Crippen molar-refractivity contribution in [3.63, 3.8) is 0 Å². The number of aliphatic hydroxyl groups is 3. The second-order valence-electron chi connectivity index (χ2n) is 8.17. The van der Waals surface area contributed by atoms with Crippen LogP contribution in [0.5, 0.6) is 0 Å². The van der Waals surface area contributed by atoms with Crippen molar-refractivity contribution in [2.45, 2.75) is 58.7 Å². The third-order valence-corrected chi connectivity index (χ3v) is 6.44. The quantitative estimate of drug-likeness (QED) is 0.665. The number of rotatable bonds is 1. The van der Waals surface area contributed by atoms with Crippen LogP contribution in [0.1, 0.15) is 46.5 Å². The summed E-state index contributed by atoms with van der Waals surface area (Å²) in [6, 6.07) is 0. The molecule has 18 heavy (non-hydrogen) atoms. The van der Waals surface area contributed by atoms with Gasteiger partial charge in [-0.05, 0) is 48.3 Å². The lowest BCUT2D eigenvalue weighted by molar-refractivity contribution is -0.148. The molecule has 3 heteroatoms. The van der Waals surface area contributed by atoms with E-state index in [2.05, 4.69) is 20.8 Å². The molecule has 3 saturated carbocycles. The van der Waals surface area contributed by atoms with Crippen molar-refractivity contribution in [3.05, 3.63) is 0 Å². The number of hydrogen-bond acceptors (Lipinski definition) is 3. The van der Waals surface area contributed by atoms with E-state index in [1.54, 1.807) is 0 Å². The summed E-state index contributed by atoms with van der Waals surface area (Å²) in [6.07, 6.45) is 2.53. The first-order valence-corrected chi connectivity index (χ1v) is 7.21. The molecule has 0 heterocycles. The van der Waals surface area contributed by atoms with Crippen LogP contribution < -0.4 is 0 Å². The molecule has 3 aliphatic rings. The lowest BCUT2D eigenvalue weighted by Gasteiger charge is -2.59. The largest absolute Gasteiger partial charge is 0.396 e. The molecule has 0 aliphatic heterocycles. The van der Waals surface area contributed by atoms with Crippen LogP contribution in [0.15, 0.2) is 0 Å². The van der Waals surface area contributed by atoms with Gasteiger partial charge in [-0.25, -0.2) is 0 Å². The zero-order valence-electron chi connectivity index (χ0n) is 11.7. The maximum absolute atomic E-state index is 10.5. The fraction of sp³-hybridized carbons (Fsp3) is 1.00. The Morgan fingerprint density at radius 1 is 1.06 bits per heavy atom. The van der Waals surface area contributed by atoms with Gasteiger partial charge < -0.3 is 15.3 Å². The van der Waals surface area contributed by atoms with Crippen LogP contribution in [0.2, 0.25) is 0 Å². The summed E-state index contributed by atoms with van der Waals surface area (Å²) in [6.45, 7) is 6.73. The Hall–Kier alpha value is -0.120. The Bertz CT molecular complexity index is 367. The molecule has 104 valence electrons. The molecule has 0 aromatic rings.